The van der Waals surface area contributed by atoms with Crippen LogP contribution in [0, 0.1) is 17.3 Å². The van der Waals surface area contributed by atoms with Crippen LogP contribution in [0.4, 0.5) is 0 Å². The van der Waals surface area contributed by atoms with Crippen molar-refractivity contribution in [2.75, 3.05) is 6.54 Å². The van der Waals surface area contributed by atoms with Gasteiger partial charge in [-0.3, -0.25) is 4.79 Å². The summed E-state index contributed by atoms with van der Waals surface area (Å²) in [6, 6.07) is -0.621. The first kappa shape index (κ1) is 15.3. The number of piperidine rings is 1. The smallest absolute Gasteiger partial charge is 0.326 e. The maximum Gasteiger partial charge on any atom is 0.326 e. The molecule has 1 aliphatic heterocycles. The number of carbonyl (C=O) groups excluding carboxylic acids is 1. The number of hydrogen-bond acceptors (Lipinski definition) is 2. The first-order valence-corrected chi connectivity index (χ1v) is 7.86. The Morgan fingerprint density at radius 3 is 2.50 bits per heavy atom. The molecule has 0 bridgehead atoms. The Morgan fingerprint density at radius 2 is 1.90 bits per heavy atom. The van der Waals surface area contributed by atoms with Gasteiger partial charge in [-0.05, 0) is 37.0 Å². The van der Waals surface area contributed by atoms with Gasteiger partial charge in [0.1, 0.15) is 6.04 Å². The molecule has 114 valence electrons. The van der Waals surface area contributed by atoms with Crippen LogP contribution in [0.1, 0.15) is 59.3 Å². The molecule has 2 aliphatic rings. The van der Waals surface area contributed by atoms with E-state index in [0.717, 1.165) is 25.7 Å². The molecule has 3 atom stereocenters. The topological polar surface area (TPSA) is 57.6 Å². The molecular formula is C16H27NO3. The Bertz CT molecular complexity index is 391. The molecule has 1 N–H and O–H groups in total. The van der Waals surface area contributed by atoms with Crippen LogP contribution in [-0.4, -0.2) is 34.5 Å². The first-order chi connectivity index (χ1) is 9.33. The molecule has 1 saturated heterocycles. The summed E-state index contributed by atoms with van der Waals surface area (Å²) in [6.45, 7) is 6.97. The van der Waals surface area contributed by atoms with Gasteiger partial charge in [0.15, 0.2) is 0 Å². The molecule has 0 aromatic rings. The summed E-state index contributed by atoms with van der Waals surface area (Å²) in [5.74, 6) is -0.390. The fourth-order valence-corrected chi connectivity index (χ4v) is 3.79. The van der Waals surface area contributed by atoms with Crippen molar-refractivity contribution in [3.63, 3.8) is 0 Å². The van der Waals surface area contributed by atoms with Gasteiger partial charge in [-0.1, -0.05) is 33.6 Å². The van der Waals surface area contributed by atoms with Gasteiger partial charge in [0.05, 0.1) is 0 Å². The molecule has 0 aromatic heterocycles. The molecule has 0 radical (unpaired) electrons. The lowest BCUT2D eigenvalue weighted by Crippen LogP contribution is -2.54. The highest BCUT2D eigenvalue weighted by Gasteiger charge is 2.43. The largest absolute Gasteiger partial charge is 0.480 e. The van der Waals surface area contributed by atoms with E-state index < -0.39 is 12.0 Å². The van der Waals surface area contributed by atoms with Crippen molar-refractivity contribution in [3.8, 4) is 0 Å². The summed E-state index contributed by atoms with van der Waals surface area (Å²) in [5, 5.41) is 9.41. The van der Waals surface area contributed by atoms with Crippen LogP contribution in [0.3, 0.4) is 0 Å². The summed E-state index contributed by atoms with van der Waals surface area (Å²) in [5.41, 5.74) is 0.00144. The Labute approximate surface area is 121 Å². The van der Waals surface area contributed by atoms with Crippen LogP contribution in [0.15, 0.2) is 0 Å². The second-order valence-corrected chi connectivity index (χ2v) is 7.30. The average Bonchev–Trinajstić information content (AvgIpc) is 2.37. The lowest BCUT2D eigenvalue weighted by atomic mass is 9.68. The predicted octanol–water partition coefficient (Wildman–Crippen LogP) is 2.91. The number of aliphatic carboxylic acids is 1. The fraction of sp³-hybridized carbons (Fsp3) is 0.875. The highest BCUT2D eigenvalue weighted by molar-refractivity contribution is 5.85. The number of nitrogens with zero attached hydrogens (tertiary/aromatic N) is 1. The van der Waals surface area contributed by atoms with E-state index in [1.54, 1.807) is 4.90 Å². The molecule has 1 heterocycles. The maximum absolute atomic E-state index is 12.9. The van der Waals surface area contributed by atoms with E-state index in [1.165, 1.54) is 6.42 Å². The molecule has 1 amide bonds. The third-order valence-corrected chi connectivity index (χ3v) is 5.24. The van der Waals surface area contributed by atoms with Crippen molar-refractivity contribution in [1.29, 1.82) is 0 Å². The summed E-state index contributed by atoms with van der Waals surface area (Å²) in [7, 11) is 0. The number of carboxylic acid groups (broad SMARTS) is 1. The van der Waals surface area contributed by atoms with Crippen molar-refractivity contribution in [1.82, 2.24) is 4.90 Å². The van der Waals surface area contributed by atoms with Crippen LogP contribution >= 0.6 is 0 Å². The van der Waals surface area contributed by atoms with Gasteiger partial charge in [-0.25, -0.2) is 4.79 Å². The first-order valence-electron chi connectivity index (χ1n) is 7.86. The van der Waals surface area contributed by atoms with Crippen LogP contribution in [0.2, 0.25) is 0 Å². The van der Waals surface area contributed by atoms with Crippen molar-refractivity contribution in [2.45, 2.75) is 65.3 Å². The van der Waals surface area contributed by atoms with Crippen LogP contribution in [-0.2, 0) is 9.59 Å². The SMILES string of the molecule is CC1CCN(C(=O)C2CCCCC2(C)C)C(C(=O)O)C1. The minimum Gasteiger partial charge on any atom is -0.480 e. The Morgan fingerprint density at radius 1 is 1.20 bits per heavy atom. The van der Waals surface area contributed by atoms with E-state index >= 15 is 0 Å². The summed E-state index contributed by atoms with van der Waals surface area (Å²) < 4.78 is 0. The van der Waals surface area contributed by atoms with E-state index in [0.29, 0.717) is 18.9 Å². The van der Waals surface area contributed by atoms with Gasteiger partial charge >= 0.3 is 5.97 Å². The average molecular weight is 281 g/mol. The molecule has 4 heteroatoms. The van der Waals surface area contributed by atoms with Gasteiger partial charge < -0.3 is 10.0 Å². The number of carboxylic acids is 1. The van der Waals surface area contributed by atoms with Crippen LogP contribution < -0.4 is 0 Å². The third kappa shape index (κ3) is 2.99. The lowest BCUT2D eigenvalue weighted by Gasteiger charge is -2.43. The molecule has 20 heavy (non-hydrogen) atoms. The van der Waals surface area contributed by atoms with Crippen molar-refractivity contribution in [3.05, 3.63) is 0 Å². The van der Waals surface area contributed by atoms with Gasteiger partial charge in [-0.2, -0.15) is 0 Å². The Balaban J connectivity index is 2.16. The number of hydrogen-bond donors (Lipinski definition) is 1. The fourth-order valence-electron chi connectivity index (χ4n) is 3.79. The number of amides is 1. The zero-order valence-electron chi connectivity index (χ0n) is 12.9. The monoisotopic (exact) mass is 281 g/mol. The summed E-state index contributed by atoms with van der Waals surface area (Å²) >= 11 is 0. The Kier molecular flexibility index (Phi) is 4.40. The molecule has 2 rings (SSSR count). The molecule has 2 fully saturated rings. The molecular weight excluding hydrogens is 254 g/mol. The highest BCUT2D eigenvalue weighted by Crippen LogP contribution is 2.42. The minimum atomic E-state index is -0.849. The highest BCUT2D eigenvalue weighted by atomic mass is 16.4. The molecule has 4 nitrogen and oxygen atoms in total. The number of likely N-dealkylation sites (tertiary alicyclic amines) is 1. The second kappa shape index (κ2) is 5.74. The van der Waals surface area contributed by atoms with Crippen molar-refractivity contribution < 1.29 is 14.7 Å². The van der Waals surface area contributed by atoms with E-state index in [-0.39, 0.29) is 17.2 Å². The van der Waals surface area contributed by atoms with Crippen molar-refractivity contribution >= 4 is 11.9 Å². The second-order valence-electron chi connectivity index (χ2n) is 7.30. The normalized spacial score (nSPS) is 33.8. The Hall–Kier alpha value is -1.06. The molecule has 1 aliphatic carbocycles. The quantitative estimate of drug-likeness (QED) is 0.846. The molecule has 0 spiro atoms. The van der Waals surface area contributed by atoms with Gasteiger partial charge in [-0.15, -0.1) is 0 Å². The van der Waals surface area contributed by atoms with E-state index in [1.807, 2.05) is 0 Å². The predicted molar refractivity (Wildman–Crippen MR) is 77.3 cm³/mol. The van der Waals surface area contributed by atoms with Gasteiger partial charge in [0.2, 0.25) is 5.91 Å². The third-order valence-electron chi connectivity index (χ3n) is 5.24. The van der Waals surface area contributed by atoms with Crippen molar-refractivity contribution in [2.24, 2.45) is 17.3 Å². The zero-order chi connectivity index (χ0) is 14.9. The van der Waals surface area contributed by atoms with Gasteiger partial charge in [0, 0.05) is 12.5 Å². The van der Waals surface area contributed by atoms with Gasteiger partial charge in [0.25, 0.3) is 0 Å². The minimum absolute atomic E-state index is 0.00144. The standard InChI is InChI=1S/C16H27NO3/c1-11-7-9-17(13(10-11)15(19)20)14(18)12-6-4-5-8-16(12,2)3/h11-13H,4-10H2,1-3H3,(H,19,20). The molecule has 3 unspecified atom stereocenters. The van der Waals surface area contributed by atoms with E-state index in [2.05, 4.69) is 20.8 Å². The number of carbonyl (C=O) groups is 2. The van der Waals surface area contributed by atoms with E-state index in [9.17, 15) is 14.7 Å². The maximum atomic E-state index is 12.9. The van der Waals surface area contributed by atoms with Crippen LogP contribution in [0.5, 0.6) is 0 Å². The summed E-state index contributed by atoms with van der Waals surface area (Å²) in [4.78, 5) is 26.0. The lowest BCUT2D eigenvalue weighted by molar-refractivity contribution is -0.157. The summed E-state index contributed by atoms with van der Waals surface area (Å²) in [6.07, 6.45) is 5.74. The zero-order valence-corrected chi connectivity index (χ0v) is 12.9. The molecule has 0 aromatic carbocycles. The number of rotatable bonds is 2. The van der Waals surface area contributed by atoms with Crippen LogP contribution in [0.25, 0.3) is 0 Å². The molecule has 1 saturated carbocycles. The van der Waals surface area contributed by atoms with E-state index in [4.69, 9.17) is 0 Å².